The first-order valence-electron chi connectivity index (χ1n) is 8.15. The highest BCUT2D eigenvalue weighted by Crippen LogP contribution is 2.27. The predicted molar refractivity (Wildman–Crippen MR) is 107 cm³/mol. The molecule has 26 heavy (non-hydrogen) atoms. The van der Waals surface area contributed by atoms with Crippen LogP contribution in [0.25, 0.3) is 16.8 Å². The SMILES string of the molecule is COc1ccc(NC=C(C#N)c2nc(-c3ccc(C)c(C)c3)cs2)cc1. The van der Waals surface area contributed by atoms with Crippen molar-refractivity contribution in [2.75, 3.05) is 12.4 Å². The van der Waals surface area contributed by atoms with E-state index in [0.29, 0.717) is 10.6 Å². The Morgan fingerprint density at radius 2 is 1.92 bits per heavy atom. The molecule has 2 aromatic carbocycles. The largest absolute Gasteiger partial charge is 0.497 e. The van der Waals surface area contributed by atoms with Crippen LogP contribution in [-0.2, 0) is 0 Å². The number of anilines is 1. The van der Waals surface area contributed by atoms with Gasteiger partial charge >= 0.3 is 0 Å². The molecule has 0 amide bonds. The summed E-state index contributed by atoms with van der Waals surface area (Å²) in [5.41, 5.74) is 5.82. The van der Waals surface area contributed by atoms with Crippen molar-refractivity contribution in [2.24, 2.45) is 0 Å². The minimum Gasteiger partial charge on any atom is -0.497 e. The molecule has 0 aliphatic heterocycles. The average Bonchev–Trinajstić information content (AvgIpc) is 3.15. The van der Waals surface area contributed by atoms with Crippen molar-refractivity contribution < 1.29 is 4.74 Å². The van der Waals surface area contributed by atoms with E-state index in [2.05, 4.69) is 48.4 Å². The molecule has 3 rings (SSSR count). The molecule has 1 N–H and O–H groups in total. The highest BCUT2D eigenvalue weighted by molar-refractivity contribution is 7.11. The summed E-state index contributed by atoms with van der Waals surface area (Å²) in [6, 6.07) is 16.0. The second-order valence-electron chi connectivity index (χ2n) is 5.88. The Morgan fingerprint density at radius 3 is 2.58 bits per heavy atom. The molecule has 0 aliphatic rings. The number of thiazole rings is 1. The van der Waals surface area contributed by atoms with Crippen LogP contribution in [0.5, 0.6) is 5.75 Å². The topological polar surface area (TPSA) is 57.9 Å². The minimum atomic E-state index is 0.501. The van der Waals surface area contributed by atoms with E-state index in [1.54, 1.807) is 13.3 Å². The Morgan fingerprint density at radius 1 is 1.15 bits per heavy atom. The summed E-state index contributed by atoms with van der Waals surface area (Å²) in [5.74, 6) is 0.790. The van der Waals surface area contributed by atoms with E-state index < -0.39 is 0 Å². The Kier molecular flexibility index (Phi) is 5.35. The van der Waals surface area contributed by atoms with Crippen molar-refractivity contribution in [2.45, 2.75) is 13.8 Å². The van der Waals surface area contributed by atoms with Gasteiger partial charge in [0.15, 0.2) is 0 Å². The zero-order chi connectivity index (χ0) is 18.5. The first kappa shape index (κ1) is 17.7. The van der Waals surface area contributed by atoms with Crippen LogP contribution in [0, 0.1) is 25.2 Å². The zero-order valence-corrected chi connectivity index (χ0v) is 15.7. The Hall–Kier alpha value is -3.10. The maximum absolute atomic E-state index is 9.49. The zero-order valence-electron chi connectivity index (χ0n) is 14.9. The fraction of sp³-hybridized carbons (Fsp3) is 0.143. The van der Waals surface area contributed by atoms with E-state index in [1.807, 2.05) is 29.6 Å². The average molecular weight is 361 g/mol. The van der Waals surface area contributed by atoms with Crippen LogP contribution in [0.1, 0.15) is 16.1 Å². The molecule has 0 saturated carbocycles. The van der Waals surface area contributed by atoms with E-state index in [0.717, 1.165) is 22.7 Å². The van der Waals surface area contributed by atoms with Gasteiger partial charge in [-0.05, 0) is 55.3 Å². The van der Waals surface area contributed by atoms with E-state index in [4.69, 9.17) is 4.74 Å². The van der Waals surface area contributed by atoms with Gasteiger partial charge in [-0.1, -0.05) is 12.1 Å². The second-order valence-corrected chi connectivity index (χ2v) is 6.74. The van der Waals surface area contributed by atoms with Crippen molar-refractivity contribution in [1.82, 2.24) is 4.98 Å². The standard InChI is InChI=1S/C21H19N3OS/c1-14-4-5-16(10-15(14)2)20-13-26-21(24-20)17(11-22)12-23-18-6-8-19(25-3)9-7-18/h4-10,12-13,23H,1-3H3. The molecule has 1 aromatic heterocycles. The number of aryl methyl sites for hydroxylation is 2. The highest BCUT2D eigenvalue weighted by atomic mass is 32.1. The molecule has 0 aliphatic carbocycles. The lowest BCUT2D eigenvalue weighted by molar-refractivity contribution is 0.415. The molecule has 0 atom stereocenters. The van der Waals surface area contributed by atoms with Crippen molar-refractivity contribution in [3.05, 3.63) is 70.2 Å². The number of methoxy groups -OCH3 is 1. The summed E-state index contributed by atoms with van der Waals surface area (Å²) in [7, 11) is 1.63. The van der Waals surface area contributed by atoms with E-state index in [1.165, 1.54) is 22.5 Å². The lowest BCUT2D eigenvalue weighted by atomic mass is 10.1. The molecule has 0 unspecified atom stereocenters. The van der Waals surface area contributed by atoms with Crippen LogP contribution in [0.4, 0.5) is 5.69 Å². The number of ether oxygens (including phenoxy) is 1. The lowest BCUT2D eigenvalue weighted by Crippen LogP contribution is -1.91. The number of hydrogen-bond acceptors (Lipinski definition) is 5. The molecule has 4 nitrogen and oxygen atoms in total. The predicted octanol–water partition coefficient (Wildman–Crippen LogP) is 5.41. The van der Waals surface area contributed by atoms with Gasteiger partial charge in [-0.15, -0.1) is 11.3 Å². The highest BCUT2D eigenvalue weighted by Gasteiger charge is 2.09. The number of nitrogens with zero attached hydrogens (tertiary/aromatic N) is 2. The van der Waals surface area contributed by atoms with Gasteiger partial charge in [-0.25, -0.2) is 4.98 Å². The van der Waals surface area contributed by atoms with Gasteiger partial charge < -0.3 is 10.1 Å². The number of rotatable bonds is 5. The van der Waals surface area contributed by atoms with Gasteiger partial charge in [0.25, 0.3) is 0 Å². The number of benzene rings is 2. The molecular weight excluding hydrogens is 342 g/mol. The molecule has 0 saturated heterocycles. The summed E-state index contributed by atoms with van der Waals surface area (Å²) < 4.78 is 5.14. The number of nitriles is 1. The van der Waals surface area contributed by atoms with Crippen molar-refractivity contribution in [1.29, 1.82) is 5.26 Å². The van der Waals surface area contributed by atoms with E-state index >= 15 is 0 Å². The third-order valence-corrected chi connectivity index (χ3v) is 5.01. The van der Waals surface area contributed by atoms with Crippen molar-refractivity contribution in [3.8, 4) is 23.1 Å². The van der Waals surface area contributed by atoms with Crippen molar-refractivity contribution in [3.63, 3.8) is 0 Å². The third kappa shape index (κ3) is 3.93. The normalized spacial score (nSPS) is 11.1. The van der Waals surface area contributed by atoms with Crippen LogP contribution < -0.4 is 10.1 Å². The van der Waals surface area contributed by atoms with Crippen LogP contribution in [0.3, 0.4) is 0 Å². The fourth-order valence-corrected chi connectivity index (χ4v) is 3.21. The quantitative estimate of drug-likeness (QED) is 0.617. The maximum atomic E-state index is 9.49. The molecule has 0 spiro atoms. The Bertz CT molecular complexity index is 981. The summed E-state index contributed by atoms with van der Waals surface area (Å²) >= 11 is 1.47. The van der Waals surface area contributed by atoms with Crippen LogP contribution in [0.15, 0.2) is 54.0 Å². The lowest BCUT2D eigenvalue weighted by Gasteiger charge is -2.03. The van der Waals surface area contributed by atoms with Gasteiger partial charge in [-0.3, -0.25) is 0 Å². The molecule has 3 aromatic rings. The minimum absolute atomic E-state index is 0.501. The van der Waals surface area contributed by atoms with Gasteiger partial charge in [0.1, 0.15) is 22.4 Å². The maximum Gasteiger partial charge on any atom is 0.136 e. The summed E-state index contributed by atoms with van der Waals surface area (Å²) in [6.07, 6.45) is 1.69. The summed E-state index contributed by atoms with van der Waals surface area (Å²) in [6.45, 7) is 4.18. The smallest absolute Gasteiger partial charge is 0.136 e. The van der Waals surface area contributed by atoms with E-state index in [-0.39, 0.29) is 0 Å². The molecule has 0 radical (unpaired) electrons. The van der Waals surface area contributed by atoms with Gasteiger partial charge in [0.05, 0.1) is 12.8 Å². The number of allylic oxidation sites excluding steroid dienone is 1. The summed E-state index contributed by atoms with van der Waals surface area (Å²) in [5, 5.41) is 15.3. The third-order valence-electron chi connectivity index (χ3n) is 4.13. The van der Waals surface area contributed by atoms with Crippen molar-refractivity contribution >= 4 is 22.6 Å². The monoisotopic (exact) mass is 361 g/mol. The molecule has 1 heterocycles. The molecule has 0 fully saturated rings. The first-order valence-corrected chi connectivity index (χ1v) is 9.03. The Balaban J connectivity index is 1.81. The number of aromatic nitrogens is 1. The van der Waals surface area contributed by atoms with Crippen LogP contribution in [0.2, 0.25) is 0 Å². The number of nitrogens with one attached hydrogen (secondary N) is 1. The first-order chi connectivity index (χ1) is 12.6. The van der Waals surface area contributed by atoms with Crippen LogP contribution >= 0.6 is 11.3 Å². The van der Waals surface area contributed by atoms with Gasteiger partial charge in [0, 0.05) is 22.8 Å². The summed E-state index contributed by atoms with van der Waals surface area (Å²) in [4.78, 5) is 4.63. The van der Waals surface area contributed by atoms with Crippen LogP contribution in [-0.4, -0.2) is 12.1 Å². The molecule has 130 valence electrons. The molecule has 0 bridgehead atoms. The Labute approximate surface area is 157 Å². The molecule has 5 heteroatoms. The second kappa shape index (κ2) is 7.85. The molecular formula is C21H19N3OS. The van der Waals surface area contributed by atoms with Gasteiger partial charge in [0.2, 0.25) is 0 Å². The van der Waals surface area contributed by atoms with Gasteiger partial charge in [-0.2, -0.15) is 5.26 Å². The fourth-order valence-electron chi connectivity index (χ4n) is 2.42. The van der Waals surface area contributed by atoms with E-state index in [9.17, 15) is 5.26 Å². The number of hydrogen-bond donors (Lipinski definition) is 1.